The van der Waals surface area contributed by atoms with Crippen LogP contribution in [0.4, 0.5) is 0 Å². The summed E-state index contributed by atoms with van der Waals surface area (Å²) in [5.74, 6) is -0.579. The van der Waals surface area contributed by atoms with E-state index in [0.717, 1.165) is 0 Å². The molecule has 1 heterocycles. The first-order chi connectivity index (χ1) is 11.5. The fourth-order valence-electron chi connectivity index (χ4n) is 2.37. The van der Waals surface area contributed by atoms with Gasteiger partial charge in [-0.15, -0.1) is 0 Å². The summed E-state index contributed by atoms with van der Waals surface area (Å²) in [5, 5.41) is 12.3. The molecule has 1 aliphatic heterocycles. The predicted molar refractivity (Wildman–Crippen MR) is 86.6 cm³/mol. The van der Waals surface area contributed by atoms with Crippen LogP contribution >= 0.6 is 11.6 Å². The molecule has 0 unspecified atom stereocenters. The van der Waals surface area contributed by atoms with Gasteiger partial charge in [-0.3, -0.25) is 4.79 Å². The smallest absolute Gasteiger partial charge is 0.326 e. The summed E-state index contributed by atoms with van der Waals surface area (Å²) in [7, 11) is 0. The molecule has 3 rings (SSSR count). The molecule has 0 bridgehead atoms. The van der Waals surface area contributed by atoms with Crippen molar-refractivity contribution in [2.75, 3.05) is 6.79 Å². The molecular formula is C17H14ClNO5. The number of amides is 1. The Morgan fingerprint density at radius 2 is 1.83 bits per heavy atom. The van der Waals surface area contributed by atoms with Gasteiger partial charge in [0.2, 0.25) is 6.79 Å². The van der Waals surface area contributed by atoms with E-state index in [-0.39, 0.29) is 13.2 Å². The monoisotopic (exact) mass is 347 g/mol. The Labute approximate surface area is 143 Å². The maximum Gasteiger partial charge on any atom is 0.326 e. The van der Waals surface area contributed by atoms with Crippen LogP contribution in [0, 0.1) is 0 Å². The Hall–Kier alpha value is -2.73. The summed E-state index contributed by atoms with van der Waals surface area (Å²) in [6.07, 6.45) is 0.0311. The van der Waals surface area contributed by atoms with Crippen LogP contribution in [-0.4, -0.2) is 29.8 Å². The van der Waals surface area contributed by atoms with Crippen LogP contribution < -0.4 is 14.8 Å². The minimum Gasteiger partial charge on any atom is -0.480 e. The van der Waals surface area contributed by atoms with E-state index < -0.39 is 17.9 Å². The van der Waals surface area contributed by atoms with E-state index in [2.05, 4.69) is 5.32 Å². The summed E-state index contributed by atoms with van der Waals surface area (Å²) in [6.45, 7) is 0.0994. The topological polar surface area (TPSA) is 84.9 Å². The lowest BCUT2D eigenvalue weighted by molar-refractivity contribution is -0.139. The number of halogens is 1. The number of fused-ring (bicyclic) bond motifs is 1. The van der Waals surface area contributed by atoms with Crippen LogP contribution in [0.5, 0.6) is 11.5 Å². The van der Waals surface area contributed by atoms with Crippen molar-refractivity contribution in [3.8, 4) is 11.5 Å². The molecule has 1 amide bonds. The molecule has 2 aromatic carbocycles. The second-order valence-corrected chi connectivity index (χ2v) is 5.64. The van der Waals surface area contributed by atoms with Crippen molar-refractivity contribution >= 4 is 23.5 Å². The molecule has 0 spiro atoms. The van der Waals surface area contributed by atoms with Crippen molar-refractivity contribution in [2.45, 2.75) is 12.5 Å². The molecule has 2 aromatic rings. The number of carbonyl (C=O) groups excluding carboxylic acids is 1. The van der Waals surface area contributed by atoms with Gasteiger partial charge in [0.05, 0.1) is 0 Å². The summed E-state index contributed by atoms with van der Waals surface area (Å²) in [4.78, 5) is 23.7. The van der Waals surface area contributed by atoms with Crippen LogP contribution in [0.3, 0.4) is 0 Å². The predicted octanol–water partition coefficient (Wildman–Crippen LogP) is 2.49. The third kappa shape index (κ3) is 3.44. The van der Waals surface area contributed by atoms with Gasteiger partial charge in [-0.25, -0.2) is 4.79 Å². The van der Waals surface area contributed by atoms with E-state index in [1.807, 2.05) is 0 Å². The fraction of sp³-hybridized carbons (Fsp3) is 0.176. The highest BCUT2D eigenvalue weighted by Crippen LogP contribution is 2.37. The SMILES string of the molecule is O=C(N[C@@H](Cc1cc2c(cc1Cl)OCO2)C(=O)O)c1ccccc1. The van der Waals surface area contributed by atoms with Crippen LogP contribution in [0.15, 0.2) is 42.5 Å². The number of hydrogen-bond acceptors (Lipinski definition) is 4. The quantitative estimate of drug-likeness (QED) is 0.868. The lowest BCUT2D eigenvalue weighted by Gasteiger charge is -2.16. The van der Waals surface area contributed by atoms with Crippen LogP contribution in [0.25, 0.3) is 0 Å². The summed E-state index contributed by atoms with van der Waals surface area (Å²) < 4.78 is 10.5. The van der Waals surface area contributed by atoms with E-state index in [0.29, 0.717) is 27.6 Å². The molecule has 7 heteroatoms. The maximum atomic E-state index is 12.2. The van der Waals surface area contributed by atoms with E-state index >= 15 is 0 Å². The number of ether oxygens (including phenoxy) is 2. The second-order valence-electron chi connectivity index (χ2n) is 5.23. The molecule has 2 N–H and O–H groups in total. The number of aliphatic carboxylic acids is 1. The molecule has 6 nitrogen and oxygen atoms in total. The summed E-state index contributed by atoms with van der Waals surface area (Å²) >= 11 is 6.17. The van der Waals surface area contributed by atoms with Gasteiger partial charge in [0.15, 0.2) is 11.5 Å². The number of carboxylic acids is 1. The lowest BCUT2D eigenvalue weighted by atomic mass is 10.0. The first-order valence-electron chi connectivity index (χ1n) is 7.21. The Balaban J connectivity index is 1.78. The van der Waals surface area contributed by atoms with Gasteiger partial charge < -0.3 is 19.9 Å². The molecule has 0 saturated carbocycles. The minimum absolute atomic E-state index is 0.0311. The minimum atomic E-state index is -1.15. The maximum absolute atomic E-state index is 12.2. The average Bonchev–Trinajstić information content (AvgIpc) is 3.02. The number of benzene rings is 2. The molecule has 1 aliphatic rings. The van der Waals surface area contributed by atoms with E-state index in [9.17, 15) is 14.7 Å². The summed E-state index contributed by atoms with van der Waals surface area (Å²) in [5.41, 5.74) is 0.946. The van der Waals surface area contributed by atoms with E-state index in [1.54, 1.807) is 42.5 Å². The number of carbonyl (C=O) groups is 2. The zero-order valence-corrected chi connectivity index (χ0v) is 13.2. The van der Waals surface area contributed by atoms with Gasteiger partial charge in [-0.05, 0) is 23.8 Å². The zero-order chi connectivity index (χ0) is 17.1. The fourth-order valence-corrected chi connectivity index (χ4v) is 2.60. The van der Waals surface area contributed by atoms with Crippen molar-refractivity contribution in [1.82, 2.24) is 5.32 Å². The molecule has 124 valence electrons. The molecule has 0 radical (unpaired) electrons. The van der Waals surface area contributed by atoms with Crippen LogP contribution in [0.1, 0.15) is 15.9 Å². The molecule has 24 heavy (non-hydrogen) atoms. The average molecular weight is 348 g/mol. The Morgan fingerprint density at radius 1 is 1.17 bits per heavy atom. The van der Waals surface area contributed by atoms with Crippen molar-refractivity contribution in [3.63, 3.8) is 0 Å². The van der Waals surface area contributed by atoms with Crippen molar-refractivity contribution in [1.29, 1.82) is 0 Å². The highest BCUT2D eigenvalue weighted by molar-refractivity contribution is 6.31. The van der Waals surface area contributed by atoms with Gasteiger partial charge >= 0.3 is 5.97 Å². The van der Waals surface area contributed by atoms with Gasteiger partial charge in [-0.2, -0.15) is 0 Å². The van der Waals surface area contributed by atoms with Crippen molar-refractivity contribution < 1.29 is 24.2 Å². The highest BCUT2D eigenvalue weighted by atomic mass is 35.5. The first-order valence-corrected chi connectivity index (χ1v) is 7.59. The Bertz CT molecular complexity index is 778. The number of carboxylic acid groups (broad SMARTS) is 1. The standard InChI is InChI=1S/C17H14ClNO5/c18-12-8-15-14(23-9-24-15)7-11(12)6-13(17(21)22)19-16(20)10-4-2-1-3-5-10/h1-5,7-8,13H,6,9H2,(H,19,20)(H,21,22)/t13-/m0/s1. The second kappa shape index (κ2) is 6.80. The van der Waals surface area contributed by atoms with Crippen molar-refractivity contribution in [3.05, 3.63) is 58.6 Å². The number of hydrogen-bond donors (Lipinski definition) is 2. The first kappa shape index (κ1) is 16.1. The van der Waals surface area contributed by atoms with Gasteiger partial charge in [0.25, 0.3) is 5.91 Å². The third-order valence-corrected chi connectivity index (χ3v) is 3.96. The highest BCUT2D eigenvalue weighted by Gasteiger charge is 2.24. The zero-order valence-electron chi connectivity index (χ0n) is 12.5. The van der Waals surface area contributed by atoms with Crippen LogP contribution in [0.2, 0.25) is 5.02 Å². The van der Waals surface area contributed by atoms with Crippen LogP contribution in [-0.2, 0) is 11.2 Å². The molecular weight excluding hydrogens is 334 g/mol. The molecule has 0 aromatic heterocycles. The molecule has 0 aliphatic carbocycles. The van der Waals surface area contributed by atoms with E-state index in [4.69, 9.17) is 21.1 Å². The molecule has 0 fully saturated rings. The summed E-state index contributed by atoms with van der Waals surface area (Å²) in [6, 6.07) is 10.5. The van der Waals surface area contributed by atoms with Gasteiger partial charge in [0.1, 0.15) is 6.04 Å². The van der Waals surface area contributed by atoms with E-state index in [1.165, 1.54) is 0 Å². The lowest BCUT2D eigenvalue weighted by Crippen LogP contribution is -2.42. The molecule has 1 atom stereocenters. The van der Waals surface area contributed by atoms with Gasteiger partial charge in [-0.1, -0.05) is 29.8 Å². The Kier molecular flexibility index (Phi) is 4.57. The molecule has 0 saturated heterocycles. The number of rotatable bonds is 5. The normalized spacial score (nSPS) is 13.4. The third-order valence-electron chi connectivity index (χ3n) is 3.61. The van der Waals surface area contributed by atoms with Crippen molar-refractivity contribution in [2.24, 2.45) is 0 Å². The Morgan fingerprint density at radius 3 is 2.50 bits per heavy atom. The number of nitrogens with one attached hydrogen (secondary N) is 1. The van der Waals surface area contributed by atoms with Gasteiger partial charge in [0, 0.05) is 23.1 Å². The largest absolute Gasteiger partial charge is 0.480 e.